The lowest BCUT2D eigenvalue weighted by Gasteiger charge is -2.34. The van der Waals surface area contributed by atoms with Gasteiger partial charge in [-0.25, -0.2) is 0 Å². The van der Waals surface area contributed by atoms with Crippen molar-refractivity contribution in [2.45, 2.75) is 52.5 Å². The normalized spacial score (nSPS) is 24.8. The Hall–Kier alpha value is -0.910. The van der Waals surface area contributed by atoms with Crippen LogP contribution in [0, 0.1) is 0 Å². The number of hydrogen-bond acceptors (Lipinski definition) is 5. The van der Waals surface area contributed by atoms with Crippen LogP contribution < -0.4 is 5.32 Å². The molecule has 0 unspecified atom stereocenters. The smallest absolute Gasteiger partial charge is 0.151 e. The third-order valence-corrected chi connectivity index (χ3v) is 3.22. The first-order valence-electron chi connectivity index (χ1n) is 7.20. The van der Waals surface area contributed by atoms with Crippen LogP contribution in [0.15, 0.2) is 10.6 Å². The summed E-state index contributed by atoms with van der Waals surface area (Å²) < 4.78 is 11.1. The van der Waals surface area contributed by atoms with E-state index < -0.39 is 0 Å². The Bertz CT molecular complexity index is 371. The van der Waals surface area contributed by atoms with Gasteiger partial charge >= 0.3 is 0 Å². The second-order valence-electron chi connectivity index (χ2n) is 5.41. The van der Waals surface area contributed by atoms with Gasteiger partial charge < -0.3 is 14.6 Å². The molecule has 1 aliphatic heterocycles. The van der Waals surface area contributed by atoms with Gasteiger partial charge in [0.05, 0.1) is 24.4 Å². The molecule has 0 aliphatic carbocycles. The van der Waals surface area contributed by atoms with Gasteiger partial charge in [-0.15, -0.1) is 0 Å². The first kappa shape index (κ1) is 14.5. The van der Waals surface area contributed by atoms with Gasteiger partial charge in [0.2, 0.25) is 0 Å². The van der Waals surface area contributed by atoms with E-state index in [9.17, 15) is 0 Å². The minimum Gasteiger partial charge on any atom is -0.373 e. The Morgan fingerprint density at radius 3 is 2.79 bits per heavy atom. The molecule has 0 amide bonds. The predicted molar refractivity (Wildman–Crippen MR) is 73.8 cm³/mol. The maximum Gasteiger partial charge on any atom is 0.151 e. The lowest BCUT2D eigenvalue weighted by molar-refractivity contribution is -0.0721. The Morgan fingerprint density at radius 2 is 2.11 bits per heavy atom. The largest absolute Gasteiger partial charge is 0.373 e. The molecule has 5 heteroatoms. The fourth-order valence-electron chi connectivity index (χ4n) is 2.54. The van der Waals surface area contributed by atoms with Crippen molar-refractivity contribution in [3.05, 3.63) is 17.5 Å². The SMILES string of the molecule is CCCNCc1cc(CN2C[C@@H](C)O[C@@H](C)C2)on1. The Morgan fingerprint density at radius 1 is 1.37 bits per heavy atom. The molecule has 0 bridgehead atoms. The molecule has 1 aromatic heterocycles. The molecule has 0 spiro atoms. The third kappa shape index (κ3) is 4.60. The minimum absolute atomic E-state index is 0.289. The van der Waals surface area contributed by atoms with Crippen LogP contribution in [0.3, 0.4) is 0 Å². The van der Waals surface area contributed by atoms with Crippen molar-refractivity contribution < 1.29 is 9.26 Å². The van der Waals surface area contributed by atoms with Crippen molar-refractivity contribution in [1.82, 2.24) is 15.4 Å². The van der Waals surface area contributed by atoms with Gasteiger partial charge in [0.1, 0.15) is 0 Å². The number of morpholine rings is 1. The van der Waals surface area contributed by atoms with Crippen LogP contribution in [0.25, 0.3) is 0 Å². The molecule has 1 saturated heterocycles. The highest BCUT2D eigenvalue weighted by molar-refractivity contribution is 5.05. The summed E-state index contributed by atoms with van der Waals surface area (Å²) in [6.07, 6.45) is 1.71. The second-order valence-corrected chi connectivity index (χ2v) is 5.41. The van der Waals surface area contributed by atoms with E-state index in [0.29, 0.717) is 0 Å². The molecule has 1 fully saturated rings. The van der Waals surface area contributed by atoms with Crippen molar-refractivity contribution in [3.8, 4) is 0 Å². The van der Waals surface area contributed by atoms with Gasteiger partial charge in [0.15, 0.2) is 5.76 Å². The zero-order chi connectivity index (χ0) is 13.7. The van der Waals surface area contributed by atoms with Gasteiger partial charge in [0, 0.05) is 25.7 Å². The molecule has 0 aromatic carbocycles. The summed E-state index contributed by atoms with van der Waals surface area (Å²) in [5.41, 5.74) is 0.984. The number of aromatic nitrogens is 1. The van der Waals surface area contributed by atoms with E-state index in [2.05, 4.69) is 36.1 Å². The third-order valence-electron chi connectivity index (χ3n) is 3.22. The summed E-state index contributed by atoms with van der Waals surface area (Å²) in [5, 5.41) is 7.42. The lowest BCUT2D eigenvalue weighted by Crippen LogP contribution is -2.44. The summed E-state index contributed by atoms with van der Waals surface area (Å²) in [6.45, 7) is 10.9. The number of ether oxygens (including phenoxy) is 1. The highest BCUT2D eigenvalue weighted by atomic mass is 16.5. The highest BCUT2D eigenvalue weighted by Gasteiger charge is 2.23. The molecule has 2 rings (SSSR count). The summed E-state index contributed by atoms with van der Waals surface area (Å²) >= 11 is 0. The van der Waals surface area contributed by atoms with Crippen LogP contribution in [0.5, 0.6) is 0 Å². The summed E-state index contributed by atoms with van der Waals surface area (Å²) in [7, 11) is 0. The average Bonchev–Trinajstić information content (AvgIpc) is 2.76. The van der Waals surface area contributed by atoms with E-state index >= 15 is 0 Å². The van der Waals surface area contributed by atoms with E-state index in [1.165, 1.54) is 0 Å². The van der Waals surface area contributed by atoms with Crippen LogP contribution in [-0.4, -0.2) is 41.9 Å². The lowest BCUT2D eigenvalue weighted by atomic mass is 10.2. The van der Waals surface area contributed by atoms with E-state index in [1.54, 1.807) is 0 Å². The number of nitrogens with zero attached hydrogens (tertiary/aromatic N) is 2. The Balaban J connectivity index is 1.82. The molecule has 2 atom stereocenters. The highest BCUT2D eigenvalue weighted by Crippen LogP contribution is 2.14. The molecule has 1 aliphatic rings. The fourth-order valence-corrected chi connectivity index (χ4v) is 2.54. The molecule has 1 aromatic rings. The average molecular weight is 267 g/mol. The van der Waals surface area contributed by atoms with Gasteiger partial charge in [0.25, 0.3) is 0 Å². The van der Waals surface area contributed by atoms with Crippen LogP contribution >= 0.6 is 0 Å². The first-order valence-corrected chi connectivity index (χ1v) is 7.20. The van der Waals surface area contributed by atoms with Crippen molar-refractivity contribution in [2.75, 3.05) is 19.6 Å². The topological polar surface area (TPSA) is 50.5 Å². The van der Waals surface area contributed by atoms with Crippen molar-refractivity contribution >= 4 is 0 Å². The predicted octanol–water partition coefficient (Wildman–Crippen LogP) is 1.78. The first-order chi connectivity index (χ1) is 9.17. The number of hydrogen-bond donors (Lipinski definition) is 1. The van der Waals surface area contributed by atoms with Crippen LogP contribution in [0.1, 0.15) is 38.6 Å². The fraction of sp³-hybridized carbons (Fsp3) is 0.786. The molecule has 0 radical (unpaired) electrons. The van der Waals surface area contributed by atoms with Crippen molar-refractivity contribution in [3.63, 3.8) is 0 Å². The van der Waals surface area contributed by atoms with Gasteiger partial charge in [-0.3, -0.25) is 4.90 Å². The van der Waals surface area contributed by atoms with Crippen LogP contribution in [-0.2, 0) is 17.8 Å². The molecular formula is C14H25N3O2. The second kappa shape index (κ2) is 7.03. The van der Waals surface area contributed by atoms with Crippen LogP contribution in [0.4, 0.5) is 0 Å². The van der Waals surface area contributed by atoms with E-state index in [4.69, 9.17) is 9.26 Å². The summed E-state index contributed by atoms with van der Waals surface area (Å²) in [4.78, 5) is 2.36. The van der Waals surface area contributed by atoms with Gasteiger partial charge in [-0.2, -0.15) is 0 Å². The van der Waals surface area contributed by atoms with Gasteiger partial charge in [-0.05, 0) is 26.8 Å². The monoisotopic (exact) mass is 267 g/mol. The van der Waals surface area contributed by atoms with Gasteiger partial charge in [-0.1, -0.05) is 12.1 Å². The van der Waals surface area contributed by atoms with E-state index in [0.717, 1.165) is 50.6 Å². The molecule has 108 valence electrons. The molecule has 5 nitrogen and oxygen atoms in total. The van der Waals surface area contributed by atoms with E-state index in [-0.39, 0.29) is 12.2 Å². The Kier molecular flexibility index (Phi) is 5.36. The molecule has 19 heavy (non-hydrogen) atoms. The summed E-state index contributed by atoms with van der Waals surface area (Å²) in [6, 6.07) is 2.05. The number of rotatable bonds is 6. The number of nitrogens with one attached hydrogen (secondary N) is 1. The summed E-state index contributed by atoms with van der Waals surface area (Å²) in [5.74, 6) is 0.939. The minimum atomic E-state index is 0.289. The Labute approximate surface area is 115 Å². The molecule has 2 heterocycles. The molecule has 1 N–H and O–H groups in total. The van der Waals surface area contributed by atoms with E-state index in [1.807, 2.05) is 6.07 Å². The molecular weight excluding hydrogens is 242 g/mol. The van der Waals surface area contributed by atoms with Crippen molar-refractivity contribution in [2.24, 2.45) is 0 Å². The standard InChI is InChI=1S/C14H25N3O2/c1-4-5-15-7-13-6-14(19-16-13)10-17-8-11(2)18-12(3)9-17/h6,11-12,15H,4-5,7-10H2,1-3H3/t11-,12+. The quantitative estimate of drug-likeness (QED) is 0.796. The van der Waals surface area contributed by atoms with Crippen molar-refractivity contribution in [1.29, 1.82) is 0 Å². The maximum atomic E-state index is 5.73. The van der Waals surface area contributed by atoms with Crippen LogP contribution in [0.2, 0.25) is 0 Å². The maximum absolute atomic E-state index is 5.73. The zero-order valence-electron chi connectivity index (χ0n) is 12.2. The molecule has 0 saturated carbocycles. The zero-order valence-corrected chi connectivity index (χ0v) is 12.2.